The van der Waals surface area contributed by atoms with E-state index in [0.717, 1.165) is 5.69 Å². The molecule has 2 heterocycles. The minimum atomic E-state index is -0.744. The Labute approximate surface area is 134 Å². The number of nitrogens with one attached hydrogen (secondary N) is 1. The first-order valence-corrected chi connectivity index (χ1v) is 7.36. The average molecular weight is 307 g/mol. The first kappa shape index (κ1) is 14.9. The van der Waals surface area contributed by atoms with E-state index >= 15 is 0 Å². The lowest BCUT2D eigenvalue weighted by molar-refractivity contribution is -0.122. The van der Waals surface area contributed by atoms with Crippen molar-refractivity contribution < 1.29 is 4.79 Å². The van der Waals surface area contributed by atoms with Crippen LogP contribution in [0, 0.1) is 16.9 Å². The van der Waals surface area contributed by atoms with Crippen molar-refractivity contribution in [1.82, 2.24) is 14.5 Å². The Balaban J connectivity index is 1.75. The maximum Gasteiger partial charge on any atom is 0.237 e. The Hall–Kier alpha value is -3.07. The van der Waals surface area contributed by atoms with Gasteiger partial charge in [0.25, 0.3) is 0 Å². The summed E-state index contributed by atoms with van der Waals surface area (Å²) >= 11 is 0. The van der Waals surface area contributed by atoms with Gasteiger partial charge in [-0.15, -0.1) is 6.58 Å². The van der Waals surface area contributed by atoms with Crippen molar-refractivity contribution in [2.45, 2.75) is 6.42 Å². The number of rotatable bonds is 4. The summed E-state index contributed by atoms with van der Waals surface area (Å²) in [5.74, 6) is 0.305. The van der Waals surface area contributed by atoms with E-state index in [9.17, 15) is 4.79 Å². The van der Waals surface area contributed by atoms with Crippen LogP contribution >= 0.6 is 0 Å². The molecule has 1 unspecified atom stereocenters. The number of likely N-dealkylation sites (tertiary alicyclic amines) is 1. The molecule has 1 aromatic carbocycles. The molecule has 2 aromatic rings. The molecule has 0 radical (unpaired) electrons. The minimum Gasteiger partial charge on any atom is -0.309 e. The fraction of sp³-hybridized carbons (Fsp3) is 0.235. The number of benzene rings is 1. The van der Waals surface area contributed by atoms with Crippen molar-refractivity contribution in [1.29, 1.82) is 5.26 Å². The van der Waals surface area contributed by atoms with E-state index in [4.69, 9.17) is 5.26 Å². The lowest BCUT2D eigenvalue weighted by atomic mass is 9.86. The lowest BCUT2D eigenvalue weighted by Gasteiger charge is -2.22. The highest BCUT2D eigenvalue weighted by Gasteiger charge is 2.42. The third kappa shape index (κ3) is 2.81. The molecule has 1 aliphatic rings. The summed E-state index contributed by atoms with van der Waals surface area (Å²) in [6.07, 6.45) is 7.71. The number of imidazole rings is 1. The van der Waals surface area contributed by atoms with Gasteiger partial charge in [0, 0.05) is 18.8 Å². The normalized spacial score (nSPS) is 20.0. The molecule has 116 valence electrons. The number of hydrogen-bond acceptors (Lipinski definition) is 4. The second kappa shape index (κ2) is 5.97. The largest absolute Gasteiger partial charge is 0.309 e. The molecule has 1 aromatic heterocycles. The number of carbonyl (C=O) groups is 1. The topological polar surface area (TPSA) is 74.0 Å². The summed E-state index contributed by atoms with van der Waals surface area (Å²) in [6.45, 7) is 4.70. The molecule has 1 atom stereocenters. The van der Waals surface area contributed by atoms with Gasteiger partial charge in [-0.25, -0.2) is 4.98 Å². The Morgan fingerprint density at radius 1 is 1.43 bits per heavy atom. The standard InChI is InChI=1S/C17H17N5O/c1-2-17(8-9-21(11-17)12-18)16(23)20-15-10-22(13-19-15)14-6-4-3-5-7-14/h2-7,10,13H,1,8-9,11H2,(H,20,23). The Kier molecular flexibility index (Phi) is 3.85. The fourth-order valence-electron chi connectivity index (χ4n) is 2.73. The zero-order chi connectivity index (χ0) is 16.3. The highest BCUT2D eigenvalue weighted by atomic mass is 16.2. The summed E-state index contributed by atoms with van der Waals surface area (Å²) in [4.78, 5) is 18.4. The van der Waals surface area contributed by atoms with Gasteiger partial charge in [-0.3, -0.25) is 4.79 Å². The average Bonchev–Trinajstić information content (AvgIpc) is 3.23. The SMILES string of the molecule is C=CC1(C(=O)Nc2cn(-c3ccccc3)cn2)CCN(C#N)C1. The van der Waals surface area contributed by atoms with Crippen LogP contribution in [0.2, 0.25) is 0 Å². The van der Waals surface area contributed by atoms with Gasteiger partial charge in [0.2, 0.25) is 5.91 Å². The van der Waals surface area contributed by atoms with E-state index < -0.39 is 5.41 Å². The molecular formula is C17H17N5O. The lowest BCUT2D eigenvalue weighted by Crippen LogP contribution is -2.36. The number of aromatic nitrogens is 2. The summed E-state index contributed by atoms with van der Waals surface area (Å²) in [5.41, 5.74) is 0.224. The van der Waals surface area contributed by atoms with Gasteiger partial charge in [0.15, 0.2) is 12.0 Å². The van der Waals surface area contributed by atoms with Gasteiger partial charge >= 0.3 is 0 Å². The molecule has 1 amide bonds. The molecule has 1 aliphatic heterocycles. The zero-order valence-corrected chi connectivity index (χ0v) is 12.6. The number of carbonyl (C=O) groups excluding carboxylic acids is 1. The van der Waals surface area contributed by atoms with Crippen LogP contribution in [0.25, 0.3) is 5.69 Å². The van der Waals surface area contributed by atoms with Crippen molar-refractivity contribution in [3.8, 4) is 11.9 Å². The summed E-state index contributed by atoms with van der Waals surface area (Å²) in [7, 11) is 0. The number of nitrogens with zero attached hydrogens (tertiary/aromatic N) is 4. The van der Waals surface area contributed by atoms with E-state index in [-0.39, 0.29) is 5.91 Å². The Morgan fingerprint density at radius 3 is 2.87 bits per heavy atom. The molecule has 6 heteroatoms. The number of para-hydroxylation sites is 1. The number of anilines is 1. The van der Waals surface area contributed by atoms with Crippen LogP contribution in [-0.2, 0) is 4.79 Å². The predicted octanol–water partition coefficient (Wildman–Crippen LogP) is 2.17. The third-order valence-electron chi connectivity index (χ3n) is 4.16. The van der Waals surface area contributed by atoms with Gasteiger partial charge in [0.05, 0.1) is 11.6 Å². The van der Waals surface area contributed by atoms with E-state index in [0.29, 0.717) is 25.3 Å². The predicted molar refractivity (Wildman–Crippen MR) is 86.6 cm³/mol. The quantitative estimate of drug-likeness (QED) is 0.694. The summed E-state index contributed by atoms with van der Waals surface area (Å²) < 4.78 is 1.84. The van der Waals surface area contributed by atoms with Crippen molar-refractivity contribution in [3.63, 3.8) is 0 Å². The maximum absolute atomic E-state index is 12.6. The van der Waals surface area contributed by atoms with E-state index in [1.165, 1.54) is 0 Å². The highest BCUT2D eigenvalue weighted by molar-refractivity contribution is 5.96. The molecule has 23 heavy (non-hydrogen) atoms. The highest BCUT2D eigenvalue weighted by Crippen LogP contribution is 2.32. The van der Waals surface area contributed by atoms with Crippen LogP contribution in [0.15, 0.2) is 55.5 Å². The Morgan fingerprint density at radius 2 is 2.22 bits per heavy atom. The van der Waals surface area contributed by atoms with Gasteiger partial charge in [-0.1, -0.05) is 24.3 Å². The van der Waals surface area contributed by atoms with E-state index in [1.54, 1.807) is 23.5 Å². The first-order chi connectivity index (χ1) is 11.2. The molecule has 0 saturated carbocycles. The van der Waals surface area contributed by atoms with Crippen LogP contribution in [0.4, 0.5) is 5.82 Å². The van der Waals surface area contributed by atoms with Gasteiger partial charge in [-0.2, -0.15) is 5.26 Å². The second-order valence-electron chi connectivity index (χ2n) is 5.59. The number of amides is 1. The van der Waals surface area contributed by atoms with Gasteiger partial charge < -0.3 is 14.8 Å². The molecule has 3 rings (SSSR count). The molecular weight excluding hydrogens is 290 g/mol. The third-order valence-corrected chi connectivity index (χ3v) is 4.16. The molecule has 1 fully saturated rings. The monoisotopic (exact) mass is 307 g/mol. The van der Waals surface area contributed by atoms with Gasteiger partial charge in [-0.05, 0) is 18.6 Å². The smallest absolute Gasteiger partial charge is 0.237 e. The maximum atomic E-state index is 12.6. The molecule has 1 saturated heterocycles. The second-order valence-corrected chi connectivity index (χ2v) is 5.59. The van der Waals surface area contributed by atoms with E-state index in [1.807, 2.05) is 34.9 Å². The molecule has 1 N–H and O–H groups in total. The molecule has 0 spiro atoms. The van der Waals surface area contributed by atoms with Crippen LogP contribution in [0.3, 0.4) is 0 Å². The van der Waals surface area contributed by atoms with Crippen molar-refractivity contribution in [2.24, 2.45) is 5.41 Å². The number of nitriles is 1. The van der Waals surface area contributed by atoms with Crippen molar-refractivity contribution in [2.75, 3.05) is 18.4 Å². The van der Waals surface area contributed by atoms with Crippen LogP contribution < -0.4 is 5.32 Å². The molecule has 0 aliphatic carbocycles. The fourth-order valence-corrected chi connectivity index (χ4v) is 2.73. The van der Waals surface area contributed by atoms with Crippen LogP contribution in [-0.4, -0.2) is 33.4 Å². The van der Waals surface area contributed by atoms with Crippen LogP contribution in [0.5, 0.6) is 0 Å². The summed E-state index contributed by atoms with van der Waals surface area (Å²) in [5, 5.41) is 11.8. The molecule has 6 nitrogen and oxygen atoms in total. The summed E-state index contributed by atoms with van der Waals surface area (Å²) in [6, 6.07) is 9.74. The van der Waals surface area contributed by atoms with Crippen LogP contribution in [0.1, 0.15) is 6.42 Å². The zero-order valence-electron chi connectivity index (χ0n) is 12.6. The van der Waals surface area contributed by atoms with Gasteiger partial charge in [0.1, 0.15) is 6.33 Å². The minimum absolute atomic E-state index is 0.177. The van der Waals surface area contributed by atoms with Crippen molar-refractivity contribution >= 4 is 11.7 Å². The van der Waals surface area contributed by atoms with Crippen molar-refractivity contribution in [3.05, 3.63) is 55.5 Å². The first-order valence-electron chi connectivity index (χ1n) is 7.36. The number of hydrogen-bond donors (Lipinski definition) is 1. The Bertz CT molecular complexity index is 761. The molecule has 0 bridgehead atoms. The van der Waals surface area contributed by atoms with E-state index in [2.05, 4.69) is 23.1 Å².